The minimum atomic E-state index is -0.890. The highest BCUT2D eigenvalue weighted by atomic mass is 35.5. The number of ether oxygens (including phenoxy) is 1. The molecular formula is C16H18Cl2N4O3. The molecule has 0 aliphatic heterocycles. The van der Waals surface area contributed by atoms with Crippen molar-refractivity contribution in [2.75, 3.05) is 17.2 Å². The molecule has 0 unspecified atom stereocenters. The first-order chi connectivity index (χ1) is 11.8. The number of aromatic nitrogens is 2. The van der Waals surface area contributed by atoms with Gasteiger partial charge in [0.25, 0.3) is 0 Å². The maximum atomic E-state index is 10.5. The molecule has 25 heavy (non-hydrogen) atoms. The second-order valence-corrected chi connectivity index (χ2v) is 6.30. The summed E-state index contributed by atoms with van der Waals surface area (Å²) in [6, 6.07) is 5.08. The quantitative estimate of drug-likeness (QED) is 0.624. The van der Waals surface area contributed by atoms with Crippen LogP contribution in [0.25, 0.3) is 0 Å². The van der Waals surface area contributed by atoms with Gasteiger partial charge in [-0.25, -0.2) is 9.97 Å². The van der Waals surface area contributed by atoms with Crippen molar-refractivity contribution in [1.82, 2.24) is 9.97 Å². The molecule has 0 amide bonds. The molecule has 0 spiro atoms. The Balaban J connectivity index is 2.13. The van der Waals surface area contributed by atoms with Gasteiger partial charge in [-0.3, -0.25) is 4.79 Å². The second kappa shape index (κ2) is 8.73. The van der Waals surface area contributed by atoms with Crippen molar-refractivity contribution in [2.24, 2.45) is 0 Å². The smallest absolute Gasteiger partial charge is 0.305 e. The van der Waals surface area contributed by atoms with Crippen molar-refractivity contribution >= 4 is 40.7 Å². The van der Waals surface area contributed by atoms with Gasteiger partial charge in [0.05, 0.1) is 16.5 Å². The lowest BCUT2D eigenvalue weighted by molar-refractivity contribution is -0.136. The van der Waals surface area contributed by atoms with Crippen LogP contribution in [-0.2, 0) is 4.79 Å². The average Bonchev–Trinajstić information content (AvgIpc) is 2.50. The summed E-state index contributed by atoms with van der Waals surface area (Å²) in [5.41, 5.74) is 0.605. The van der Waals surface area contributed by atoms with Crippen molar-refractivity contribution in [3.05, 3.63) is 34.6 Å². The fourth-order valence-corrected chi connectivity index (χ4v) is 2.51. The van der Waals surface area contributed by atoms with Crippen LogP contribution in [0.4, 0.5) is 11.5 Å². The van der Waals surface area contributed by atoms with Crippen molar-refractivity contribution < 1.29 is 14.6 Å². The van der Waals surface area contributed by atoms with E-state index in [9.17, 15) is 4.79 Å². The molecule has 1 aromatic heterocycles. The van der Waals surface area contributed by atoms with E-state index >= 15 is 0 Å². The molecule has 7 nitrogen and oxygen atoms in total. The van der Waals surface area contributed by atoms with E-state index in [0.29, 0.717) is 17.4 Å². The summed E-state index contributed by atoms with van der Waals surface area (Å²) in [5, 5.41) is 15.3. The Morgan fingerprint density at radius 2 is 1.92 bits per heavy atom. The number of carbonyl (C=O) groups is 1. The predicted octanol–water partition coefficient (Wildman–Crippen LogP) is 4.28. The van der Waals surface area contributed by atoms with Gasteiger partial charge in [-0.1, -0.05) is 23.2 Å². The summed E-state index contributed by atoms with van der Waals surface area (Å²) in [5.74, 6) is 0.299. The Labute approximate surface area is 155 Å². The lowest BCUT2D eigenvalue weighted by Gasteiger charge is -2.13. The fraction of sp³-hybridized carbons (Fsp3) is 0.312. The maximum Gasteiger partial charge on any atom is 0.305 e. The van der Waals surface area contributed by atoms with Crippen LogP contribution in [-0.4, -0.2) is 33.6 Å². The largest absolute Gasteiger partial charge is 0.481 e. The SMILES string of the molecule is CC(C)Nc1cc(Oc2c(Cl)cc(NCCC(=O)O)cc2Cl)ncn1. The summed E-state index contributed by atoms with van der Waals surface area (Å²) in [6.45, 7) is 4.25. The highest BCUT2D eigenvalue weighted by Crippen LogP contribution is 2.38. The number of rotatable bonds is 8. The monoisotopic (exact) mass is 384 g/mol. The standard InChI is InChI=1S/C16H18Cl2N4O3/c1-9(2)22-13-7-14(21-8-20-13)25-16-11(17)5-10(6-12(16)18)19-4-3-15(23)24/h5-9,19H,3-4H2,1-2H3,(H,23,24)(H,20,21,22). The molecule has 0 saturated heterocycles. The van der Waals surface area contributed by atoms with Gasteiger partial charge in [-0.2, -0.15) is 0 Å². The van der Waals surface area contributed by atoms with Crippen LogP contribution in [0, 0.1) is 0 Å². The first kappa shape index (κ1) is 19.1. The Morgan fingerprint density at radius 1 is 1.24 bits per heavy atom. The molecule has 2 aromatic rings. The summed E-state index contributed by atoms with van der Waals surface area (Å²) in [4.78, 5) is 18.7. The minimum absolute atomic E-state index is 0.0138. The van der Waals surface area contributed by atoms with E-state index < -0.39 is 5.97 Å². The van der Waals surface area contributed by atoms with Crippen LogP contribution in [0.15, 0.2) is 24.5 Å². The fourth-order valence-electron chi connectivity index (χ4n) is 1.95. The molecule has 9 heteroatoms. The first-order valence-electron chi connectivity index (χ1n) is 7.56. The Kier molecular flexibility index (Phi) is 6.66. The summed E-state index contributed by atoms with van der Waals surface area (Å²) in [7, 11) is 0. The van der Waals surface area contributed by atoms with E-state index in [-0.39, 0.29) is 34.8 Å². The van der Waals surface area contributed by atoms with Crippen LogP contribution in [0.2, 0.25) is 10.0 Å². The molecule has 2 rings (SSSR count). The predicted molar refractivity (Wildman–Crippen MR) is 98.1 cm³/mol. The molecule has 0 fully saturated rings. The van der Waals surface area contributed by atoms with Crippen molar-refractivity contribution in [3.63, 3.8) is 0 Å². The van der Waals surface area contributed by atoms with E-state index in [1.54, 1.807) is 18.2 Å². The van der Waals surface area contributed by atoms with E-state index in [0.717, 1.165) is 0 Å². The van der Waals surface area contributed by atoms with Gasteiger partial charge >= 0.3 is 5.97 Å². The topological polar surface area (TPSA) is 96.4 Å². The highest BCUT2D eigenvalue weighted by molar-refractivity contribution is 6.37. The lowest BCUT2D eigenvalue weighted by atomic mass is 10.3. The van der Waals surface area contributed by atoms with Gasteiger partial charge in [-0.05, 0) is 26.0 Å². The number of hydrogen-bond acceptors (Lipinski definition) is 6. The zero-order valence-corrected chi connectivity index (χ0v) is 15.2. The lowest BCUT2D eigenvalue weighted by Crippen LogP contribution is -2.11. The van der Waals surface area contributed by atoms with Gasteiger partial charge in [0.15, 0.2) is 5.75 Å². The number of nitrogens with zero attached hydrogens (tertiary/aromatic N) is 2. The van der Waals surface area contributed by atoms with Crippen LogP contribution >= 0.6 is 23.2 Å². The molecule has 0 aliphatic carbocycles. The van der Waals surface area contributed by atoms with Crippen molar-refractivity contribution in [3.8, 4) is 11.6 Å². The van der Waals surface area contributed by atoms with E-state index in [2.05, 4.69) is 20.6 Å². The minimum Gasteiger partial charge on any atom is -0.481 e. The number of halogens is 2. The number of anilines is 2. The highest BCUT2D eigenvalue weighted by Gasteiger charge is 2.12. The molecule has 3 N–H and O–H groups in total. The van der Waals surface area contributed by atoms with Gasteiger partial charge in [0, 0.05) is 24.3 Å². The van der Waals surface area contributed by atoms with E-state index in [1.807, 2.05) is 13.8 Å². The molecule has 0 radical (unpaired) electrons. The normalized spacial score (nSPS) is 10.6. The third kappa shape index (κ3) is 5.95. The van der Waals surface area contributed by atoms with E-state index in [1.165, 1.54) is 6.33 Å². The number of benzene rings is 1. The van der Waals surface area contributed by atoms with Gasteiger partial charge in [0.2, 0.25) is 5.88 Å². The second-order valence-electron chi connectivity index (χ2n) is 5.48. The molecule has 0 saturated carbocycles. The summed E-state index contributed by atoms with van der Waals surface area (Å²) in [6.07, 6.45) is 1.36. The van der Waals surface area contributed by atoms with Crippen LogP contribution < -0.4 is 15.4 Å². The zero-order valence-electron chi connectivity index (χ0n) is 13.7. The van der Waals surface area contributed by atoms with Crippen molar-refractivity contribution in [1.29, 1.82) is 0 Å². The molecule has 1 aromatic carbocycles. The number of carboxylic acid groups (broad SMARTS) is 1. The molecule has 0 bridgehead atoms. The van der Waals surface area contributed by atoms with E-state index in [4.69, 9.17) is 33.0 Å². The van der Waals surface area contributed by atoms with Crippen molar-refractivity contribution in [2.45, 2.75) is 26.3 Å². The molecular weight excluding hydrogens is 367 g/mol. The van der Waals surface area contributed by atoms with Gasteiger partial charge in [-0.15, -0.1) is 0 Å². The average molecular weight is 385 g/mol. The van der Waals surface area contributed by atoms with Crippen LogP contribution in [0.3, 0.4) is 0 Å². The summed E-state index contributed by atoms with van der Waals surface area (Å²) >= 11 is 12.5. The van der Waals surface area contributed by atoms with Gasteiger partial charge in [0.1, 0.15) is 12.1 Å². The van der Waals surface area contributed by atoms with Crippen LogP contribution in [0.1, 0.15) is 20.3 Å². The third-order valence-electron chi connectivity index (χ3n) is 2.95. The Bertz CT molecular complexity index is 733. The molecule has 1 heterocycles. The maximum absolute atomic E-state index is 10.5. The number of nitrogens with one attached hydrogen (secondary N) is 2. The molecule has 134 valence electrons. The Hall–Kier alpha value is -2.25. The van der Waals surface area contributed by atoms with Gasteiger partial charge < -0.3 is 20.5 Å². The third-order valence-corrected chi connectivity index (χ3v) is 3.51. The molecule has 0 atom stereocenters. The molecule has 0 aliphatic rings. The number of aliphatic carboxylic acids is 1. The zero-order chi connectivity index (χ0) is 18.4. The number of carboxylic acids is 1. The summed E-state index contributed by atoms with van der Waals surface area (Å²) < 4.78 is 5.68. The Morgan fingerprint density at radius 3 is 2.52 bits per heavy atom. The number of hydrogen-bond donors (Lipinski definition) is 3. The first-order valence-corrected chi connectivity index (χ1v) is 8.32. The van der Waals surface area contributed by atoms with Crippen LogP contribution in [0.5, 0.6) is 11.6 Å².